The predicted octanol–water partition coefficient (Wildman–Crippen LogP) is 12.3. The maximum atomic E-state index is 2.49. The minimum absolute atomic E-state index is 1.19. The van der Waals surface area contributed by atoms with Crippen molar-refractivity contribution < 1.29 is 0 Å². The summed E-state index contributed by atoms with van der Waals surface area (Å²) in [7, 11) is 0. The lowest BCUT2D eigenvalue weighted by molar-refractivity contribution is 1.16. The zero-order valence-corrected chi connectivity index (χ0v) is 26.6. The van der Waals surface area contributed by atoms with Gasteiger partial charge >= 0.3 is 0 Å². The van der Waals surface area contributed by atoms with E-state index in [4.69, 9.17) is 0 Å². The number of hydrogen-bond donors (Lipinski definition) is 0. The first-order chi connectivity index (χ1) is 22.4. The molecule has 0 bridgehead atoms. The van der Waals surface area contributed by atoms with Crippen LogP contribution < -0.4 is 4.90 Å². The van der Waals surface area contributed by atoms with E-state index < -0.39 is 0 Å². The molecule has 0 aliphatic carbocycles. The molecule has 0 spiro atoms. The van der Waals surface area contributed by atoms with Gasteiger partial charge in [-0.1, -0.05) is 78.9 Å². The van der Waals surface area contributed by atoms with Gasteiger partial charge in [0.15, 0.2) is 0 Å². The number of nitrogens with zero attached hydrogens (tertiary/aromatic N) is 2. The fourth-order valence-electron chi connectivity index (χ4n) is 7.84. The number of benzene rings is 7. The molecule has 0 radical (unpaired) electrons. The largest absolute Gasteiger partial charge is 0.309 e. The van der Waals surface area contributed by atoms with Gasteiger partial charge in [-0.05, 0) is 127 Å². The summed E-state index contributed by atoms with van der Waals surface area (Å²) in [4.78, 5) is 2.49. The monoisotopic (exact) mass is 590 g/mol. The van der Waals surface area contributed by atoms with Crippen LogP contribution in [0.25, 0.3) is 60.5 Å². The lowest BCUT2D eigenvalue weighted by Crippen LogP contribution is -2.15. The van der Waals surface area contributed by atoms with E-state index in [0.29, 0.717) is 0 Å². The van der Waals surface area contributed by atoms with Crippen LogP contribution in [-0.2, 0) is 0 Å². The predicted molar refractivity (Wildman–Crippen MR) is 196 cm³/mol. The van der Waals surface area contributed by atoms with Crippen LogP contribution in [0.4, 0.5) is 17.1 Å². The highest BCUT2D eigenvalue weighted by Crippen LogP contribution is 2.53. The quantitative estimate of drug-likeness (QED) is 0.199. The molecule has 0 saturated carbocycles. The van der Waals surface area contributed by atoms with Crippen LogP contribution in [-0.4, -0.2) is 4.57 Å². The molecule has 0 unspecified atom stereocenters. The molecule has 0 N–H and O–H groups in total. The molecule has 0 fully saturated rings. The number of hydrogen-bond acceptors (Lipinski definition) is 1. The molecule has 1 aromatic heterocycles. The Labute approximate surface area is 269 Å². The average molecular weight is 591 g/mol. The first-order valence-electron chi connectivity index (χ1n) is 16.1. The van der Waals surface area contributed by atoms with Crippen molar-refractivity contribution >= 4 is 49.6 Å². The van der Waals surface area contributed by atoms with E-state index in [1.54, 1.807) is 0 Å². The van der Waals surface area contributed by atoms with Crippen LogP contribution in [0.15, 0.2) is 133 Å². The second-order valence-electron chi connectivity index (χ2n) is 13.0. The highest BCUT2D eigenvalue weighted by atomic mass is 15.2. The van der Waals surface area contributed by atoms with Crippen molar-refractivity contribution in [3.8, 4) is 27.9 Å². The molecule has 0 atom stereocenters. The van der Waals surface area contributed by atoms with Crippen LogP contribution in [0.5, 0.6) is 0 Å². The number of aryl methyl sites for hydroxylation is 4. The molecule has 1 aliphatic heterocycles. The molecule has 2 nitrogen and oxygen atoms in total. The summed E-state index contributed by atoms with van der Waals surface area (Å²) in [6.45, 7) is 8.78. The van der Waals surface area contributed by atoms with Gasteiger partial charge in [-0.25, -0.2) is 0 Å². The molecule has 8 aromatic rings. The maximum Gasteiger partial charge on any atom is 0.0562 e. The van der Waals surface area contributed by atoms with Crippen LogP contribution in [0.2, 0.25) is 0 Å². The van der Waals surface area contributed by atoms with Gasteiger partial charge in [-0.15, -0.1) is 0 Å². The van der Waals surface area contributed by atoms with Crippen molar-refractivity contribution in [2.24, 2.45) is 0 Å². The number of fused-ring (bicyclic) bond motifs is 5. The lowest BCUT2D eigenvalue weighted by atomic mass is 9.89. The molecule has 1 aliphatic rings. The summed E-state index contributed by atoms with van der Waals surface area (Å²) in [5.74, 6) is 0. The van der Waals surface area contributed by atoms with Gasteiger partial charge < -0.3 is 9.47 Å². The summed E-state index contributed by atoms with van der Waals surface area (Å²) >= 11 is 0. The van der Waals surface area contributed by atoms with Crippen LogP contribution >= 0.6 is 0 Å². The third-order valence-corrected chi connectivity index (χ3v) is 9.57. The van der Waals surface area contributed by atoms with Crippen LogP contribution in [0, 0.1) is 27.7 Å². The van der Waals surface area contributed by atoms with E-state index in [1.807, 2.05) is 0 Å². The third-order valence-electron chi connectivity index (χ3n) is 9.57. The van der Waals surface area contributed by atoms with Gasteiger partial charge in [0.2, 0.25) is 0 Å². The van der Waals surface area contributed by atoms with E-state index in [1.165, 1.54) is 99.8 Å². The van der Waals surface area contributed by atoms with Gasteiger partial charge in [0, 0.05) is 33.1 Å². The summed E-state index contributed by atoms with van der Waals surface area (Å²) < 4.78 is 2.47. The highest BCUT2D eigenvalue weighted by Gasteiger charge is 2.28. The Hall–Kier alpha value is -5.60. The van der Waals surface area contributed by atoms with E-state index in [0.717, 1.165) is 0 Å². The first kappa shape index (κ1) is 26.8. The van der Waals surface area contributed by atoms with Crippen molar-refractivity contribution in [1.82, 2.24) is 4.57 Å². The summed E-state index contributed by atoms with van der Waals surface area (Å²) in [6, 6.07) is 49.8. The van der Waals surface area contributed by atoms with Crippen LogP contribution in [0.1, 0.15) is 22.3 Å². The summed E-state index contributed by atoms with van der Waals surface area (Å²) in [5.41, 5.74) is 17.3. The minimum Gasteiger partial charge on any atom is -0.309 e. The zero-order valence-electron chi connectivity index (χ0n) is 26.6. The SMILES string of the molecule is Cc1cc(C)cc(N2c3cc4c(cc3-c3cccc5cccc2c35)c2cc(-c3ccccc3)ccc2n4-c2cc(C)cc(C)c2)c1. The second-order valence-corrected chi connectivity index (χ2v) is 13.0. The average Bonchev–Trinajstić information content (AvgIpc) is 3.36. The molecule has 2 heteroatoms. The Balaban J connectivity index is 1.44. The highest BCUT2D eigenvalue weighted by molar-refractivity contribution is 6.19. The zero-order chi connectivity index (χ0) is 31.1. The second kappa shape index (κ2) is 9.95. The molecule has 0 amide bonds. The molecule has 7 aromatic carbocycles. The van der Waals surface area contributed by atoms with Crippen molar-refractivity contribution in [2.75, 3.05) is 4.90 Å². The van der Waals surface area contributed by atoms with Gasteiger partial charge in [-0.2, -0.15) is 0 Å². The Morgan fingerprint density at radius 1 is 0.413 bits per heavy atom. The Kier molecular flexibility index (Phi) is 5.79. The number of aromatic nitrogens is 1. The molecule has 46 heavy (non-hydrogen) atoms. The van der Waals surface area contributed by atoms with Crippen molar-refractivity contribution in [1.29, 1.82) is 0 Å². The molecule has 9 rings (SSSR count). The Bertz CT molecular complexity index is 2470. The Morgan fingerprint density at radius 2 is 1.07 bits per heavy atom. The number of rotatable bonds is 3. The first-order valence-corrected chi connectivity index (χ1v) is 16.1. The fourth-order valence-corrected chi connectivity index (χ4v) is 7.84. The van der Waals surface area contributed by atoms with Crippen molar-refractivity contribution in [3.63, 3.8) is 0 Å². The van der Waals surface area contributed by atoms with Gasteiger partial charge in [0.25, 0.3) is 0 Å². The van der Waals surface area contributed by atoms with E-state index in [9.17, 15) is 0 Å². The third kappa shape index (κ3) is 4.03. The molecular formula is C44H34N2. The van der Waals surface area contributed by atoms with E-state index in [2.05, 4.69) is 171 Å². The van der Waals surface area contributed by atoms with Crippen LogP contribution in [0.3, 0.4) is 0 Å². The van der Waals surface area contributed by atoms with E-state index in [-0.39, 0.29) is 0 Å². The fraction of sp³-hybridized carbons (Fsp3) is 0.0909. The van der Waals surface area contributed by atoms with E-state index >= 15 is 0 Å². The van der Waals surface area contributed by atoms with Gasteiger partial charge in [0.05, 0.1) is 22.4 Å². The van der Waals surface area contributed by atoms with Crippen molar-refractivity contribution in [2.45, 2.75) is 27.7 Å². The molecule has 2 heterocycles. The standard InChI is InChI=1S/C44H34N2/c1-27-18-28(2)21-34(20-27)45-40-17-16-33(31-10-6-5-7-11-31)24-37(40)39-25-38-36-14-8-12-32-13-9-15-41(44(32)36)46(42(38)26-43(39)45)35-22-29(3)19-30(4)23-35/h5-26H,1-4H3. The lowest BCUT2D eigenvalue weighted by Gasteiger charge is -2.34. The molecular weight excluding hydrogens is 556 g/mol. The normalized spacial score (nSPS) is 12.3. The minimum atomic E-state index is 1.19. The Morgan fingerprint density at radius 3 is 1.78 bits per heavy atom. The maximum absolute atomic E-state index is 2.49. The molecule has 220 valence electrons. The van der Waals surface area contributed by atoms with Gasteiger partial charge in [-0.3, -0.25) is 0 Å². The number of anilines is 3. The topological polar surface area (TPSA) is 8.17 Å². The summed E-state index contributed by atoms with van der Waals surface area (Å²) in [6.07, 6.45) is 0. The van der Waals surface area contributed by atoms with Gasteiger partial charge in [0.1, 0.15) is 0 Å². The smallest absolute Gasteiger partial charge is 0.0562 e. The van der Waals surface area contributed by atoms with Crippen molar-refractivity contribution in [3.05, 3.63) is 156 Å². The molecule has 0 saturated heterocycles. The summed E-state index contributed by atoms with van der Waals surface area (Å²) in [5, 5.41) is 5.10.